The Hall–Kier alpha value is -2.60. The van der Waals surface area contributed by atoms with Crippen molar-refractivity contribution in [3.05, 3.63) is 71.4 Å². The minimum absolute atomic E-state index is 0.451. The number of benzene rings is 2. The molecule has 2 aromatic carbocycles. The molecule has 0 amide bonds. The van der Waals surface area contributed by atoms with Crippen molar-refractivity contribution in [1.29, 1.82) is 5.26 Å². The summed E-state index contributed by atoms with van der Waals surface area (Å²) in [6.07, 6.45) is 0. The third-order valence-corrected chi connectivity index (χ3v) is 3.11. The number of rotatable bonds is 3. The highest BCUT2D eigenvalue weighted by molar-refractivity contribution is 6.03. The number of hydrogen-bond donors (Lipinski definition) is 0. The maximum atomic E-state index is 12.7. The molecule has 0 spiro atoms. The van der Waals surface area contributed by atoms with Crippen LogP contribution in [0.15, 0.2) is 60.7 Å². The number of nitriles is 1. The second kappa shape index (κ2) is 5.58. The van der Waals surface area contributed by atoms with Crippen molar-refractivity contribution in [2.24, 2.45) is 5.41 Å². The lowest BCUT2D eigenvalue weighted by Gasteiger charge is -2.19. The average molecular weight is 264 g/mol. The summed E-state index contributed by atoms with van der Waals surface area (Å²) in [5.41, 5.74) is 0.859. The van der Waals surface area contributed by atoms with E-state index in [0.717, 1.165) is 10.3 Å². The van der Waals surface area contributed by atoms with Gasteiger partial charge < -0.3 is 5.21 Å². The van der Waals surface area contributed by atoms with Crippen LogP contribution in [0.5, 0.6) is 0 Å². The maximum absolute atomic E-state index is 12.7. The second-order valence-corrected chi connectivity index (χ2v) is 5.08. The minimum atomic E-state index is -0.876. The monoisotopic (exact) mass is 264 g/mol. The van der Waals surface area contributed by atoms with E-state index in [9.17, 15) is 10.5 Å². The van der Waals surface area contributed by atoms with E-state index in [1.54, 1.807) is 26.0 Å². The van der Waals surface area contributed by atoms with Crippen LogP contribution in [-0.2, 0) is 0 Å². The molecular formula is C17H16N2O. The van der Waals surface area contributed by atoms with Crippen LogP contribution in [-0.4, -0.2) is 10.5 Å². The summed E-state index contributed by atoms with van der Waals surface area (Å²) in [6, 6.07) is 20.5. The van der Waals surface area contributed by atoms with E-state index in [0.29, 0.717) is 11.4 Å². The Kier molecular flexibility index (Phi) is 3.86. The summed E-state index contributed by atoms with van der Waals surface area (Å²) in [7, 11) is 0. The van der Waals surface area contributed by atoms with Gasteiger partial charge in [0.1, 0.15) is 5.41 Å². The van der Waals surface area contributed by atoms with E-state index in [-0.39, 0.29) is 0 Å². The lowest BCUT2D eigenvalue weighted by molar-refractivity contribution is -0.364. The molecule has 20 heavy (non-hydrogen) atoms. The molecule has 0 aliphatic rings. The van der Waals surface area contributed by atoms with Gasteiger partial charge in [-0.3, -0.25) is 0 Å². The molecule has 0 aromatic heterocycles. The van der Waals surface area contributed by atoms with Gasteiger partial charge in [0.25, 0.3) is 0 Å². The van der Waals surface area contributed by atoms with E-state index < -0.39 is 5.41 Å². The first kappa shape index (κ1) is 13.8. The zero-order valence-electron chi connectivity index (χ0n) is 11.6. The van der Waals surface area contributed by atoms with Gasteiger partial charge in [0.15, 0.2) is 0 Å². The van der Waals surface area contributed by atoms with Gasteiger partial charge in [-0.25, -0.2) is 0 Å². The highest BCUT2D eigenvalue weighted by atomic mass is 16.5. The van der Waals surface area contributed by atoms with Crippen LogP contribution in [0, 0.1) is 22.0 Å². The summed E-state index contributed by atoms with van der Waals surface area (Å²) in [5.74, 6) is 0. The Balaban J connectivity index is 2.68. The van der Waals surface area contributed by atoms with Crippen LogP contribution in [0.1, 0.15) is 19.4 Å². The van der Waals surface area contributed by atoms with E-state index >= 15 is 0 Å². The lowest BCUT2D eigenvalue weighted by Crippen LogP contribution is -2.29. The Labute approximate surface area is 119 Å². The summed E-state index contributed by atoms with van der Waals surface area (Å²) in [5, 5.41) is 22.1. The second-order valence-electron chi connectivity index (χ2n) is 5.08. The first-order valence-electron chi connectivity index (χ1n) is 6.42. The molecule has 0 radical (unpaired) electrons. The van der Waals surface area contributed by atoms with Gasteiger partial charge in [0.05, 0.1) is 6.07 Å². The molecule has 0 fully saturated rings. The van der Waals surface area contributed by atoms with Crippen molar-refractivity contribution in [3.8, 4) is 6.07 Å². The quantitative estimate of drug-likeness (QED) is 0.366. The topological polar surface area (TPSA) is 49.9 Å². The molecule has 100 valence electrons. The Morgan fingerprint density at radius 1 is 1.00 bits per heavy atom. The van der Waals surface area contributed by atoms with Crippen molar-refractivity contribution < 1.29 is 4.74 Å². The Morgan fingerprint density at radius 3 is 2.00 bits per heavy atom. The smallest absolute Gasteiger partial charge is 0.220 e. The minimum Gasteiger partial charge on any atom is -0.618 e. The van der Waals surface area contributed by atoms with Crippen LogP contribution in [0.2, 0.25) is 0 Å². The molecule has 0 saturated carbocycles. The Bertz CT molecular complexity index is 652. The number of para-hydroxylation sites is 1. The van der Waals surface area contributed by atoms with Gasteiger partial charge >= 0.3 is 0 Å². The van der Waals surface area contributed by atoms with E-state index in [1.165, 1.54) is 0 Å². The van der Waals surface area contributed by atoms with Gasteiger partial charge in [0.2, 0.25) is 11.4 Å². The molecule has 0 atom stereocenters. The van der Waals surface area contributed by atoms with E-state index in [2.05, 4.69) is 6.07 Å². The van der Waals surface area contributed by atoms with Crippen molar-refractivity contribution in [2.45, 2.75) is 13.8 Å². The van der Waals surface area contributed by atoms with Crippen LogP contribution in [0.3, 0.4) is 0 Å². The van der Waals surface area contributed by atoms with Gasteiger partial charge in [-0.2, -0.15) is 10.0 Å². The molecule has 2 aromatic rings. The fraction of sp³-hybridized carbons (Fsp3) is 0.176. The van der Waals surface area contributed by atoms with Crippen molar-refractivity contribution >= 4 is 11.4 Å². The van der Waals surface area contributed by atoms with Crippen LogP contribution in [0.4, 0.5) is 5.69 Å². The Morgan fingerprint density at radius 2 is 1.50 bits per heavy atom. The maximum Gasteiger partial charge on any atom is 0.220 e. The fourth-order valence-corrected chi connectivity index (χ4v) is 2.07. The molecule has 0 heterocycles. The molecule has 0 N–H and O–H groups in total. The summed E-state index contributed by atoms with van der Waals surface area (Å²) in [6.45, 7) is 3.51. The number of hydrogen-bond acceptors (Lipinski definition) is 2. The first-order valence-corrected chi connectivity index (χ1v) is 6.42. The third kappa shape index (κ3) is 2.70. The van der Waals surface area contributed by atoms with Gasteiger partial charge in [-0.15, -0.1) is 0 Å². The molecular weight excluding hydrogens is 248 g/mol. The predicted octanol–water partition coefficient (Wildman–Crippen LogP) is 3.87. The third-order valence-electron chi connectivity index (χ3n) is 3.11. The number of nitrogens with zero attached hydrogens (tertiary/aromatic N) is 2. The molecule has 0 aliphatic carbocycles. The first-order chi connectivity index (χ1) is 9.56. The van der Waals surface area contributed by atoms with Crippen molar-refractivity contribution in [3.63, 3.8) is 0 Å². The summed E-state index contributed by atoms with van der Waals surface area (Å²) < 4.78 is 0.846. The highest BCUT2D eigenvalue weighted by Gasteiger charge is 2.34. The predicted molar refractivity (Wildman–Crippen MR) is 79.7 cm³/mol. The summed E-state index contributed by atoms with van der Waals surface area (Å²) >= 11 is 0. The van der Waals surface area contributed by atoms with Crippen molar-refractivity contribution in [2.75, 3.05) is 0 Å². The van der Waals surface area contributed by atoms with Crippen LogP contribution >= 0.6 is 0 Å². The van der Waals surface area contributed by atoms with Crippen molar-refractivity contribution in [1.82, 2.24) is 0 Å². The lowest BCUT2D eigenvalue weighted by atomic mass is 9.84. The normalized spacial score (nSPS) is 12.4. The highest BCUT2D eigenvalue weighted by Crippen LogP contribution is 2.25. The van der Waals surface area contributed by atoms with E-state index in [1.807, 2.05) is 48.5 Å². The van der Waals surface area contributed by atoms with Gasteiger partial charge in [-0.05, 0) is 26.0 Å². The standard InChI is InChI=1S/C17H16N2O/c1-17(2,13-18)16(14-9-5-3-6-10-14)19(20)15-11-7-4-8-12-15/h3-12H,1-2H3. The molecule has 2 rings (SSSR count). The SMILES string of the molecule is CC(C)(C#N)C(c1ccccc1)=[N+]([O-])c1ccccc1. The fourth-order valence-electron chi connectivity index (χ4n) is 2.07. The molecule has 3 nitrogen and oxygen atoms in total. The molecule has 0 unspecified atom stereocenters. The van der Waals surface area contributed by atoms with E-state index in [4.69, 9.17) is 0 Å². The zero-order valence-corrected chi connectivity index (χ0v) is 11.6. The molecule has 0 bridgehead atoms. The van der Waals surface area contributed by atoms with Gasteiger partial charge in [0, 0.05) is 17.7 Å². The van der Waals surface area contributed by atoms with Crippen LogP contribution in [0.25, 0.3) is 0 Å². The molecule has 3 heteroatoms. The summed E-state index contributed by atoms with van der Waals surface area (Å²) in [4.78, 5) is 0. The average Bonchev–Trinajstić information content (AvgIpc) is 2.49. The molecule has 0 aliphatic heterocycles. The van der Waals surface area contributed by atoms with Crippen LogP contribution < -0.4 is 0 Å². The largest absolute Gasteiger partial charge is 0.618 e. The van der Waals surface area contributed by atoms with Gasteiger partial charge in [-0.1, -0.05) is 36.4 Å². The zero-order chi connectivity index (χ0) is 14.6. The molecule has 0 saturated heterocycles.